The Morgan fingerprint density at radius 2 is 1.83 bits per heavy atom. The molecule has 1 heterocycles. The number of carbonyl (C=O) groups excluding carboxylic acids is 2. The Hall–Kier alpha value is -1.83. The highest BCUT2D eigenvalue weighted by Gasteiger charge is 2.53. The van der Waals surface area contributed by atoms with E-state index in [1.165, 1.54) is 25.1 Å². The maximum Gasteiger partial charge on any atom is 0.305 e. The maximum absolute atomic E-state index is 12.5. The predicted octanol–water partition coefficient (Wildman–Crippen LogP) is 2.07. The molecule has 0 radical (unpaired) electrons. The number of rotatable bonds is 6. The molecular formula is C15H16Cl2N2O5. The van der Waals surface area contributed by atoms with Gasteiger partial charge >= 0.3 is 5.97 Å². The zero-order valence-electron chi connectivity index (χ0n) is 12.8. The molecule has 2 rings (SSSR count). The number of hydrogen-bond donors (Lipinski definition) is 3. The van der Waals surface area contributed by atoms with Crippen molar-refractivity contribution in [1.82, 2.24) is 5.32 Å². The van der Waals surface area contributed by atoms with Crippen molar-refractivity contribution in [2.45, 2.75) is 31.4 Å². The lowest BCUT2D eigenvalue weighted by Gasteiger charge is -2.39. The first-order valence-electron chi connectivity index (χ1n) is 7.17. The summed E-state index contributed by atoms with van der Waals surface area (Å²) in [5.41, 5.74) is -1.35. The molecule has 1 aliphatic heterocycles. The molecule has 7 nitrogen and oxygen atoms in total. The number of amides is 2. The molecule has 0 saturated carbocycles. The minimum absolute atomic E-state index is 0.193. The Bertz CT molecular complexity index is 656. The van der Waals surface area contributed by atoms with Gasteiger partial charge in [-0.15, -0.1) is 0 Å². The van der Waals surface area contributed by atoms with Gasteiger partial charge in [-0.05, 0) is 25.1 Å². The van der Waals surface area contributed by atoms with Gasteiger partial charge in [-0.25, -0.2) is 0 Å². The zero-order valence-corrected chi connectivity index (χ0v) is 14.3. The molecule has 24 heavy (non-hydrogen) atoms. The van der Waals surface area contributed by atoms with Gasteiger partial charge in [0.15, 0.2) is 0 Å². The summed E-state index contributed by atoms with van der Waals surface area (Å²) in [6.45, 7) is 1.79. The first-order valence-corrected chi connectivity index (χ1v) is 7.93. The van der Waals surface area contributed by atoms with Crippen molar-refractivity contribution >= 4 is 46.7 Å². The summed E-state index contributed by atoms with van der Waals surface area (Å²) in [7, 11) is 0. The van der Waals surface area contributed by atoms with E-state index < -0.39 is 29.4 Å². The van der Waals surface area contributed by atoms with Crippen molar-refractivity contribution < 1.29 is 24.2 Å². The number of carboxylic acid groups (broad SMARTS) is 1. The fourth-order valence-corrected chi connectivity index (χ4v) is 2.80. The van der Waals surface area contributed by atoms with Crippen molar-refractivity contribution in [3.05, 3.63) is 28.2 Å². The second-order valence-corrected chi connectivity index (χ2v) is 6.38. The summed E-state index contributed by atoms with van der Waals surface area (Å²) in [5.74, 6) is -2.38. The van der Waals surface area contributed by atoms with E-state index in [9.17, 15) is 14.4 Å². The number of carbonyl (C=O) groups is 3. The van der Waals surface area contributed by atoms with Gasteiger partial charge in [0.05, 0.1) is 13.0 Å². The van der Waals surface area contributed by atoms with Crippen LogP contribution in [0.15, 0.2) is 18.2 Å². The molecule has 0 aromatic heterocycles. The lowest BCUT2D eigenvalue weighted by atomic mass is 9.91. The molecule has 1 fully saturated rings. The smallest absolute Gasteiger partial charge is 0.305 e. The van der Waals surface area contributed by atoms with Crippen LogP contribution >= 0.6 is 23.2 Å². The number of halogens is 2. The summed E-state index contributed by atoms with van der Waals surface area (Å²) in [6.07, 6.45) is -0.0634. The molecule has 2 atom stereocenters. The molecule has 1 aromatic carbocycles. The summed E-state index contributed by atoms with van der Waals surface area (Å²) in [6, 6.07) is 3.85. The predicted molar refractivity (Wildman–Crippen MR) is 88.2 cm³/mol. The minimum atomic E-state index is -1.68. The second-order valence-electron chi connectivity index (χ2n) is 5.51. The standard InChI is InChI=1S/C15H16Cl2N2O5/c1-8(4-12(20)21)18-13(22)15(2-3-24-15)14(23)19-11-6-9(16)5-10(17)7-11/h5-8H,2-4H2,1H3,(H,18,22)(H,19,23)(H,20,21)/t8-,15?/m0/s1. The van der Waals surface area contributed by atoms with E-state index >= 15 is 0 Å². The topological polar surface area (TPSA) is 105 Å². The van der Waals surface area contributed by atoms with Crippen LogP contribution < -0.4 is 10.6 Å². The fourth-order valence-electron chi connectivity index (χ4n) is 2.28. The molecule has 1 unspecified atom stereocenters. The summed E-state index contributed by atoms with van der Waals surface area (Å²) < 4.78 is 5.24. The number of ether oxygens (including phenoxy) is 1. The van der Waals surface area contributed by atoms with Gasteiger partial charge in [-0.3, -0.25) is 14.4 Å². The van der Waals surface area contributed by atoms with Crippen LogP contribution in [0.25, 0.3) is 0 Å². The summed E-state index contributed by atoms with van der Waals surface area (Å²) in [5, 5.41) is 14.4. The molecular weight excluding hydrogens is 359 g/mol. The first-order chi connectivity index (χ1) is 11.2. The van der Waals surface area contributed by atoms with Crippen LogP contribution in [-0.4, -0.2) is 41.1 Å². The molecule has 1 aromatic rings. The third-order valence-corrected chi connectivity index (χ3v) is 3.95. The Morgan fingerprint density at radius 3 is 2.29 bits per heavy atom. The van der Waals surface area contributed by atoms with Crippen LogP contribution in [-0.2, 0) is 19.1 Å². The van der Waals surface area contributed by atoms with Crippen molar-refractivity contribution in [3.63, 3.8) is 0 Å². The van der Waals surface area contributed by atoms with Crippen molar-refractivity contribution in [2.24, 2.45) is 0 Å². The maximum atomic E-state index is 12.5. The van der Waals surface area contributed by atoms with Gasteiger partial charge in [-0.1, -0.05) is 23.2 Å². The first kappa shape index (κ1) is 18.5. The van der Waals surface area contributed by atoms with Crippen LogP contribution in [0.5, 0.6) is 0 Å². The molecule has 2 amide bonds. The molecule has 9 heteroatoms. The lowest BCUT2D eigenvalue weighted by Crippen LogP contribution is -2.64. The van der Waals surface area contributed by atoms with Crippen molar-refractivity contribution in [1.29, 1.82) is 0 Å². The molecule has 0 bridgehead atoms. The van der Waals surface area contributed by atoms with Gasteiger partial charge in [0.1, 0.15) is 0 Å². The molecule has 1 aliphatic rings. The molecule has 3 N–H and O–H groups in total. The van der Waals surface area contributed by atoms with Crippen LogP contribution in [0.2, 0.25) is 10.0 Å². The van der Waals surface area contributed by atoms with Gasteiger partial charge in [0.25, 0.3) is 11.8 Å². The lowest BCUT2D eigenvalue weighted by molar-refractivity contribution is -0.182. The molecule has 1 saturated heterocycles. The highest BCUT2D eigenvalue weighted by atomic mass is 35.5. The number of nitrogens with one attached hydrogen (secondary N) is 2. The van der Waals surface area contributed by atoms with E-state index in [0.29, 0.717) is 15.7 Å². The quantitative estimate of drug-likeness (QED) is 0.661. The second kappa shape index (κ2) is 7.38. The number of anilines is 1. The van der Waals surface area contributed by atoms with Gasteiger partial charge in [0, 0.05) is 28.2 Å². The van der Waals surface area contributed by atoms with Crippen LogP contribution in [0.3, 0.4) is 0 Å². The third-order valence-electron chi connectivity index (χ3n) is 3.51. The highest BCUT2D eigenvalue weighted by Crippen LogP contribution is 2.30. The average Bonchev–Trinajstić information content (AvgIpc) is 2.33. The number of carboxylic acids is 1. The molecule has 130 valence electrons. The SMILES string of the molecule is C[C@@H](CC(=O)O)NC(=O)C1(C(=O)Nc2cc(Cl)cc(Cl)c2)CCO1. The Morgan fingerprint density at radius 1 is 1.25 bits per heavy atom. The largest absolute Gasteiger partial charge is 0.481 e. The van der Waals surface area contributed by atoms with Crippen LogP contribution in [0.1, 0.15) is 19.8 Å². The van der Waals surface area contributed by atoms with E-state index in [2.05, 4.69) is 10.6 Å². The molecule has 0 aliphatic carbocycles. The van der Waals surface area contributed by atoms with E-state index in [-0.39, 0.29) is 19.4 Å². The average molecular weight is 375 g/mol. The normalized spacial score (nSPS) is 20.6. The van der Waals surface area contributed by atoms with Crippen molar-refractivity contribution in [2.75, 3.05) is 11.9 Å². The van der Waals surface area contributed by atoms with E-state index in [1.54, 1.807) is 0 Å². The van der Waals surface area contributed by atoms with Gasteiger partial charge < -0.3 is 20.5 Å². The van der Waals surface area contributed by atoms with E-state index in [1.807, 2.05) is 0 Å². The number of aliphatic carboxylic acids is 1. The Balaban J connectivity index is 2.09. The summed E-state index contributed by atoms with van der Waals surface area (Å²) >= 11 is 11.7. The highest BCUT2D eigenvalue weighted by molar-refractivity contribution is 6.35. The fraction of sp³-hybridized carbons (Fsp3) is 0.400. The van der Waals surface area contributed by atoms with E-state index in [0.717, 1.165) is 0 Å². The monoisotopic (exact) mass is 374 g/mol. The van der Waals surface area contributed by atoms with E-state index in [4.69, 9.17) is 33.0 Å². The van der Waals surface area contributed by atoms with Crippen LogP contribution in [0.4, 0.5) is 5.69 Å². The molecule has 0 spiro atoms. The van der Waals surface area contributed by atoms with Gasteiger partial charge in [-0.2, -0.15) is 0 Å². The third kappa shape index (κ3) is 4.17. The number of hydrogen-bond acceptors (Lipinski definition) is 4. The van der Waals surface area contributed by atoms with Gasteiger partial charge in [0.2, 0.25) is 5.60 Å². The van der Waals surface area contributed by atoms with Crippen molar-refractivity contribution in [3.8, 4) is 0 Å². The Labute approximate surface area is 148 Å². The number of benzene rings is 1. The van der Waals surface area contributed by atoms with Crippen LogP contribution in [0, 0.1) is 0 Å². The Kier molecular flexibility index (Phi) is 5.69. The summed E-state index contributed by atoms with van der Waals surface area (Å²) in [4.78, 5) is 35.5. The zero-order chi connectivity index (χ0) is 17.9. The minimum Gasteiger partial charge on any atom is -0.481 e.